The van der Waals surface area contributed by atoms with Crippen molar-refractivity contribution in [2.24, 2.45) is 0 Å². The van der Waals surface area contributed by atoms with Crippen LogP contribution in [0.5, 0.6) is 0 Å². The molecule has 2 aromatic carbocycles. The molecule has 4 nitrogen and oxygen atoms in total. The summed E-state index contributed by atoms with van der Waals surface area (Å²) in [5.41, 5.74) is 4.45. The molecule has 1 amide bonds. The Kier molecular flexibility index (Phi) is 4.82. The maximum absolute atomic E-state index is 13.9. The molecule has 1 aliphatic carbocycles. The molecule has 31 heavy (non-hydrogen) atoms. The van der Waals surface area contributed by atoms with Crippen LogP contribution in [0, 0.1) is 11.6 Å². The smallest absolute Gasteiger partial charge is 0.291 e. The third kappa shape index (κ3) is 3.61. The number of halogens is 2. The summed E-state index contributed by atoms with van der Waals surface area (Å²) in [4.78, 5) is 16.9. The predicted octanol–water partition coefficient (Wildman–Crippen LogP) is 6.03. The fourth-order valence-electron chi connectivity index (χ4n) is 3.93. The van der Waals surface area contributed by atoms with E-state index in [-0.39, 0.29) is 5.76 Å². The standard InChI is InChI=1S/C25H18F2N2O2/c26-20-7-2-8-21(27)23(20)29-25(30)22-13-17-5-1-4-15-9-10-16(12-19(15)24(17)31-22)18-6-3-11-28-14-18/h2-3,6-14H,1,4-5H2,(H,29,30). The van der Waals surface area contributed by atoms with Gasteiger partial charge in [0.05, 0.1) is 0 Å². The number of hydrogen-bond acceptors (Lipinski definition) is 3. The number of fused-ring (bicyclic) bond motifs is 3. The molecule has 4 aromatic rings. The summed E-state index contributed by atoms with van der Waals surface area (Å²) in [6.45, 7) is 0. The number of rotatable bonds is 3. The van der Waals surface area contributed by atoms with E-state index in [0.29, 0.717) is 5.76 Å². The van der Waals surface area contributed by atoms with Crippen LogP contribution in [0.25, 0.3) is 22.5 Å². The number of hydrogen-bond donors (Lipinski definition) is 1. The van der Waals surface area contributed by atoms with Crippen LogP contribution in [-0.4, -0.2) is 10.9 Å². The number of pyridine rings is 1. The Morgan fingerprint density at radius 3 is 2.52 bits per heavy atom. The van der Waals surface area contributed by atoms with Gasteiger partial charge in [-0.25, -0.2) is 8.78 Å². The average Bonchev–Trinajstić information content (AvgIpc) is 3.14. The van der Waals surface area contributed by atoms with Gasteiger partial charge in [0.15, 0.2) is 5.76 Å². The minimum Gasteiger partial charge on any atom is -0.451 e. The summed E-state index contributed by atoms with van der Waals surface area (Å²) in [5.74, 6) is -1.73. The topological polar surface area (TPSA) is 55.1 Å². The number of benzene rings is 2. The molecule has 0 fully saturated rings. The molecular weight excluding hydrogens is 398 g/mol. The van der Waals surface area contributed by atoms with Crippen LogP contribution in [0.4, 0.5) is 14.5 Å². The van der Waals surface area contributed by atoms with Gasteiger partial charge in [0.2, 0.25) is 0 Å². The molecule has 5 rings (SSSR count). The van der Waals surface area contributed by atoms with Gasteiger partial charge in [-0.05, 0) is 66.3 Å². The fourth-order valence-corrected chi connectivity index (χ4v) is 3.93. The van der Waals surface area contributed by atoms with E-state index in [2.05, 4.69) is 22.4 Å². The number of aryl methyl sites for hydroxylation is 2. The summed E-state index contributed by atoms with van der Waals surface area (Å²) < 4.78 is 33.8. The van der Waals surface area contributed by atoms with Gasteiger partial charge in [-0.2, -0.15) is 0 Å². The van der Waals surface area contributed by atoms with Crippen LogP contribution in [0.2, 0.25) is 0 Å². The van der Waals surface area contributed by atoms with Crippen LogP contribution in [-0.2, 0) is 12.8 Å². The Morgan fingerprint density at radius 1 is 0.935 bits per heavy atom. The van der Waals surface area contributed by atoms with Crippen molar-refractivity contribution in [1.29, 1.82) is 0 Å². The van der Waals surface area contributed by atoms with Crippen molar-refractivity contribution in [3.8, 4) is 22.5 Å². The number of amides is 1. The maximum Gasteiger partial charge on any atom is 0.291 e. The minimum atomic E-state index is -0.840. The van der Waals surface area contributed by atoms with E-state index in [1.165, 1.54) is 6.07 Å². The monoisotopic (exact) mass is 416 g/mol. The Bertz CT molecular complexity index is 1260. The fraction of sp³-hybridized carbons (Fsp3) is 0.120. The zero-order valence-electron chi connectivity index (χ0n) is 16.5. The molecule has 1 N–H and O–H groups in total. The summed E-state index contributed by atoms with van der Waals surface area (Å²) in [6, 6.07) is 15.1. The summed E-state index contributed by atoms with van der Waals surface area (Å²) in [6.07, 6.45) is 6.07. The number of para-hydroxylation sites is 1. The van der Waals surface area contributed by atoms with Crippen LogP contribution in [0.15, 0.2) is 71.4 Å². The first-order valence-electron chi connectivity index (χ1n) is 10.0. The number of anilines is 1. The Balaban J connectivity index is 1.53. The quantitative estimate of drug-likeness (QED) is 0.444. The van der Waals surface area contributed by atoms with Crippen molar-refractivity contribution in [2.75, 3.05) is 5.32 Å². The minimum absolute atomic E-state index is 0.0206. The van der Waals surface area contributed by atoms with Gasteiger partial charge < -0.3 is 9.73 Å². The zero-order valence-corrected chi connectivity index (χ0v) is 16.5. The lowest BCUT2D eigenvalue weighted by Gasteiger charge is -2.09. The van der Waals surface area contributed by atoms with E-state index in [9.17, 15) is 13.6 Å². The number of furan rings is 1. The molecule has 0 spiro atoms. The Hall–Kier alpha value is -3.80. The third-order valence-electron chi connectivity index (χ3n) is 5.48. The van der Waals surface area contributed by atoms with Crippen molar-refractivity contribution in [1.82, 2.24) is 4.98 Å². The number of carbonyl (C=O) groups is 1. The lowest BCUT2D eigenvalue weighted by molar-refractivity contribution is 0.0996. The van der Waals surface area contributed by atoms with E-state index in [1.54, 1.807) is 18.5 Å². The van der Waals surface area contributed by atoms with Crippen LogP contribution in [0.3, 0.4) is 0 Å². The highest BCUT2D eigenvalue weighted by Crippen LogP contribution is 2.37. The van der Waals surface area contributed by atoms with E-state index in [1.807, 2.05) is 18.2 Å². The first-order valence-corrected chi connectivity index (χ1v) is 10.0. The highest BCUT2D eigenvalue weighted by molar-refractivity contribution is 6.03. The summed E-state index contributed by atoms with van der Waals surface area (Å²) in [7, 11) is 0. The molecule has 0 radical (unpaired) electrons. The second-order valence-electron chi connectivity index (χ2n) is 7.48. The van der Waals surface area contributed by atoms with Gasteiger partial charge >= 0.3 is 0 Å². The van der Waals surface area contributed by atoms with Crippen LogP contribution >= 0.6 is 0 Å². The van der Waals surface area contributed by atoms with Gasteiger partial charge in [0.25, 0.3) is 5.91 Å². The maximum atomic E-state index is 13.9. The first kappa shape index (κ1) is 19.2. The Labute approximate surface area is 177 Å². The van der Waals surface area contributed by atoms with Gasteiger partial charge in [0.1, 0.15) is 23.1 Å². The van der Waals surface area contributed by atoms with Gasteiger partial charge in [-0.1, -0.05) is 24.3 Å². The molecule has 0 bridgehead atoms. The van der Waals surface area contributed by atoms with Gasteiger partial charge in [-0.3, -0.25) is 9.78 Å². The van der Waals surface area contributed by atoms with E-state index < -0.39 is 23.2 Å². The second kappa shape index (κ2) is 7.80. The summed E-state index contributed by atoms with van der Waals surface area (Å²) in [5, 5.41) is 2.29. The molecule has 0 saturated heterocycles. The molecule has 154 valence electrons. The molecule has 0 unspecified atom stereocenters. The predicted molar refractivity (Wildman–Crippen MR) is 114 cm³/mol. The molecule has 2 heterocycles. The molecular formula is C25H18F2N2O2. The Morgan fingerprint density at radius 2 is 1.74 bits per heavy atom. The van der Waals surface area contributed by atoms with Crippen molar-refractivity contribution >= 4 is 11.6 Å². The number of aromatic nitrogens is 1. The average molecular weight is 416 g/mol. The number of nitrogens with one attached hydrogen (secondary N) is 1. The largest absolute Gasteiger partial charge is 0.451 e. The molecule has 0 saturated carbocycles. The highest BCUT2D eigenvalue weighted by atomic mass is 19.1. The van der Waals surface area contributed by atoms with Gasteiger partial charge in [0, 0.05) is 23.5 Å². The molecule has 2 aromatic heterocycles. The van der Waals surface area contributed by atoms with E-state index >= 15 is 0 Å². The lowest BCUT2D eigenvalue weighted by atomic mass is 9.97. The van der Waals surface area contributed by atoms with E-state index in [4.69, 9.17) is 4.42 Å². The SMILES string of the molecule is O=C(Nc1c(F)cccc1F)c1cc2c(o1)-c1cc(-c3cccnc3)ccc1CCC2. The van der Waals surface area contributed by atoms with Gasteiger partial charge in [-0.15, -0.1) is 0 Å². The zero-order chi connectivity index (χ0) is 21.4. The van der Waals surface area contributed by atoms with Crippen molar-refractivity contribution in [3.05, 3.63) is 95.5 Å². The van der Waals surface area contributed by atoms with Crippen LogP contribution < -0.4 is 5.32 Å². The molecule has 6 heteroatoms. The lowest BCUT2D eigenvalue weighted by Crippen LogP contribution is -2.13. The second-order valence-corrected chi connectivity index (χ2v) is 7.48. The normalized spacial score (nSPS) is 12.6. The van der Waals surface area contributed by atoms with Crippen molar-refractivity contribution in [2.45, 2.75) is 19.3 Å². The highest BCUT2D eigenvalue weighted by Gasteiger charge is 2.24. The summed E-state index contributed by atoms with van der Waals surface area (Å²) >= 11 is 0. The van der Waals surface area contributed by atoms with Crippen molar-refractivity contribution < 1.29 is 18.0 Å². The molecule has 0 aliphatic heterocycles. The molecule has 1 aliphatic rings. The molecule has 0 atom stereocenters. The number of nitrogens with zero attached hydrogens (tertiary/aromatic N) is 1. The van der Waals surface area contributed by atoms with Crippen LogP contribution in [0.1, 0.15) is 28.1 Å². The third-order valence-corrected chi connectivity index (χ3v) is 5.48. The van der Waals surface area contributed by atoms with Crippen molar-refractivity contribution in [3.63, 3.8) is 0 Å². The first-order chi connectivity index (χ1) is 15.1. The number of carbonyl (C=O) groups excluding carboxylic acids is 1. The van der Waals surface area contributed by atoms with E-state index in [0.717, 1.165) is 59.2 Å².